The second-order valence-corrected chi connectivity index (χ2v) is 3.94. The van der Waals surface area contributed by atoms with E-state index >= 15 is 0 Å². The van der Waals surface area contributed by atoms with Crippen molar-refractivity contribution in [1.82, 2.24) is 0 Å². The molecule has 2 N–H and O–H groups in total. The maximum atomic E-state index is 9.91. The predicted molar refractivity (Wildman–Crippen MR) is 70.6 cm³/mol. The van der Waals surface area contributed by atoms with Gasteiger partial charge < -0.3 is 10.2 Å². The molecule has 2 nitrogen and oxygen atoms in total. The molecule has 0 aliphatic rings. The van der Waals surface area contributed by atoms with Crippen molar-refractivity contribution in [2.75, 3.05) is 0 Å². The number of benzene rings is 2. The highest BCUT2D eigenvalue weighted by Gasteiger charge is 2.02. The lowest BCUT2D eigenvalue weighted by molar-refractivity contribution is 0.238. The van der Waals surface area contributed by atoms with Gasteiger partial charge in [-0.15, -0.1) is 0 Å². The standard InChI is InChI=1S/C16H14O2/c17-12-14-6-9-15(10-7-14)16(18)11-8-13-4-2-1-3-5-13/h1-7,9-10,16-18H,12H2. The Balaban J connectivity index is 2.12. The zero-order chi connectivity index (χ0) is 12.8. The summed E-state index contributed by atoms with van der Waals surface area (Å²) in [7, 11) is 0. The molecule has 0 saturated heterocycles. The van der Waals surface area contributed by atoms with Crippen molar-refractivity contribution < 1.29 is 10.2 Å². The van der Waals surface area contributed by atoms with Crippen molar-refractivity contribution in [2.24, 2.45) is 0 Å². The molecule has 0 saturated carbocycles. The van der Waals surface area contributed by atoms with Crippen LogP contribution >= 0.6 is 0 Å². The van der Waals surface area contributed by atoms with E-state index in [9.17, 15) is 5.11 Å². The largest absolute Gasteiger partial charge is 0.392 e. The SMILES string of the molecule is OCc1ccc(C(O)C#Cc2ccccc2)cc1. The topological polar surface area (TPSA) is 40.5 Å². The molecule has 0 bridgehead atoms. The van der Waals surface area contributed by atoms with Crippen molar-refractivity contribution >= 4 is 0 Å². The van der Waals surface area contributed by atoms with Gasteiger partial charge in [-0.1, -0.05) is 54.3 Å². The minimum Gasteiger partial charge on any atom is -0.392 e. The smallest absolute Gasteiger partial charge is 0.140 e. The lowest BCUT2D eigenvalue weighted by Gasteiger charge is -2.04. The molecule has 1 atom stereocenters. The van der Waals surface area contributed by atoms with Crippen molar-refractivity contribution in [1.29, 1.82) is 0 Å². The molecule has 0 radical (unpaired) electrons. The summed E-state index contributed by atoms with van der Waals surface area (Å²) < 4.78 is 0. The Morgan fingerprint density at radius 1 is 0.944 bits per heavy atom. The Bertz CT molecular complexity index is 547. The third-order valence-electron chi connectivity index (χ3n) is 2.61. The van der Waals surface area contributed by atoms with Crippen LogP contribution in [-0.2, 0) is 6.61 Å². The monoisotopic (exact) mass is 238 g/mol. The van der Waals surface area contributed by atoms with Gasteiger partial charge in [-0.2, -0.15) is 0 Å². The lowest BCUT2D eigenvalue weighted by Crippen LogP contribution is -1.94. The first-order valence-electron chi connectivity index (χ1n) is 5.74. The van der Waals surface area contributed by atoms with E-state index in [1.807, 2.05) is 30.3 Å². The molecule has 0 aromatic heterocycles. The Morgan fingerprint density at radius 2 is 1.61 bits per heavy atom. The van der Waals surface area contributed by atoms with Gasteiger partial charge in [-0.3, -0.25) is 0 Å². The van der Waals surface area contributed by atoms with Crippen molar-refractivity contribution in [3.8, 4) is 11.8 Å². The molecule has 0 fully saturated rings. The molecule has 18 heavy (non-hydrogen) atoms. The van der Waals surface area contributed by atoms with Gasteiger partial charge in [0.2, 0.25) is 0 Å². The highest BCUT2D eigenvalue weighted by atomic mass is 16.3. The normalized spacial score (nSPS) is 11.4. The van der Waals surface area contributed by atoms with E-state index in [0.29, 0.717) is 0 Å². The summed E-state index contributed by atoms with van der Waals surface area (Å²) in [5.74, 6) is 5.72. The number of aliphatic hydroxyl groups is 2. The Morgan fingerprint density at radius 3 is 2.22 bits per heavy atom. The van der Waals surface area contributed by atoms with E-state index in [-0.39, 0.29) is 6.61 Å². The van der Waals surface area contributed by atoms with Crippen LogP contribution in [0.2, 0.25) is 0 Å². The summed E-state index contributed by atoms with van der Waals surface area (Å²) in [5, 5.41) is 18.8. The van der Waals surface area contributed by atoms with Crippen LogP contribution in [0.1, 0.15) is 22.8 Å². The fourth-order valence-electron chi connectivity index (χ4n) is 1.56. The van der Waals surface area contributed by atoms with Gasteiger partial charge in [0.05, 0.1) is 6.61 Å². The van der Waals surface area contributed by atoms with Gasteiger partial charge in [0.15, 0.2) is 0 Å². The molecule has 2 aromatic rings. The van der Waals surface area contributed by atoms with Crippen molar-refractivity contribution in [3.63, 3.8) is 0 Å². The van der Waals surface area contributed by atoms with Crippen molar-refractivity contribution in [3.05, 3.63) is 71.3 Å². The molecule has 2 heteroatoms. The molecule has 1 unspecified atom stereocenters. The second-order valence-electron chi connectivity index (χ2n) is 3.94. The molecule has 2 rings (SSSR count). The Labute approximate surface area is 107 Å². The van der Waals surface area contributed by atoms with E-state index < -0.39 is 6.10 Å². The highest BCUT2D eigenvalue weighted by Crippen LogP contribution is 2.13. The molecular weight excluding hydrogens is 224 g/mol. The Hall–Kier alpha value is -2.08. The first-order valence-corrected chi connectivity index (χ1v) is 5.74. The van der Waals surface area contributed by atoms with Gasteiger partial charge in [-0.25, -0.2) is 0 Å². The van der Waals surface area contributed by atoms with Gasteiger partial charge >= 0.3 is 0 Å². The summed E-state index contributed by atoms with van der Waals surface area (Å²) in [6.45, 7) is 0.00602. The molecule has 0 amide bonds. The third kappa shape index (κ3) is 3.21. The number of hydrogen-bond acceptors (Lipinski definition) is 2. The maximum absolute atomic E-state index is 9.91. The lowest BCUT2D eigenvalue weighted by atomic mass is 10.1. The average Bonchev–Trinajstić information content (AvgIpc) is 2.46. The molecule has 0 aliphatic carbocycles. The minimum atomic E-state index is -0.807. The quantitative estimate of drug-likeness (QED) is 0.788. The molecule has 90 valence electrons. The molecule has 2 aromatic carbocycles. The van der Waals surface area contributed by atoms with Crippen LogP contribution < -0.4 is 0 Å². The van der Waals surface area contributed by atoms with Gasteiger partial charge in [0, 0.05) is 5.56 Å². The van der Waals surface area contributed by atoms with Gasteiger partial charge in [0.25, 0.3) is 0 Å². The number of rotatable bonds is 2. The van der Waals surface area contributed by atoms with Crippen LogP contribution in [-0.4, -0.2) is 10.2 Å². The van der Waals surface area contributed by atoms with Crippen LogP contribution in [0.4, 0.5) is 0 Å². The first kappa shape index (κ1) is 12.4. The van der Waals surface area contributed by atoms with Crippen LogP contribution in [0.5, 0.6) is 0 Å². The zero-order valence-corrected chi connectivity index (χ0v) is 9.88. The molecule has 0 spiro atoms. The highest BCUT2D eigenvalue weighted by molar-refractivity contribution is 5.37. The van der Waals surface area contributed by atoms with E-state index in [1.54, 1.807) is 24.3 Å². The summed E-state index contributed by atoms with van der Waals surface area (Å²) in [6.07, 6.45) is -0.807. The van der Waals surface area contributed by atoms with E-state index in [4.69, 9.17) is 5.11 Å². The van der Waals surface area contributed by atoms with Crippen LogP contribution in [0.15, 0.2) is 54.6 Å². The molecular formula is C16H14O2. The van der Waals surface area contributed by atoms with Crippen LogP contribution in [0.25, 0.3) is 0 Å². The van der Waals surface area contributed by atoms with E-state index in [2.05, 4.69) is 11.8 Å². The van der Waals surface area contributed by atoms with Crippen LogP contribution in [0, 0.1) is 11.8 Å². The third-order valence-corrected chi connectivity index (χ3v) is 2.61. The first-order chi connectivity index (χ1) is 8.79. The average molecular weight is 238 g/mol. The number of hydrogen-bond donors (Lipinski definition) is 2. The second kappa shape index (κ2) is 6.02. The van der Waals surface area contributed by atoms with Gasteiger partial charge in [0.1, 0.15) is 6.10 Å². The molecule has 0 aliphatic heterocycles. The fourth-order valence-corrected chi connectivity index (χ4v) is 1.56. The summed E-state index contributed by atoms with van der Waals surface area (Å²) in [5.41, 5.74) is 2.43. The van der Waals surface area contributed by atoms with E-state index in [1.165, 1.54) is 0 Å². The van der Waals surface area contributed by atoms with E-state index in [0.717, 1.165) is 16.7 Å². The molecule has 0 heterocycles. The predicted octanol–water partition coefficient (Wildman–Crippen LogP) is 2.26. The summed E-state index contributed by atoms with van der Waals surface area (Å²) in [4.78, 5) is 0. The minimum absolute atomic E-state index is 0.00602. The summed E-state index contributed by atoms with van der Waals surface area (Å²) in [6, 6.07) is 16.6. The fraction of sp³-hybridized carbons (Fsp3) is 0.125. The van der Waals surface area contributed by atoms with Gasteiger partial charge in [-0.05, 0) is 23.3 Å². The zero-order valence-electron chi connectivity index (χ0n) is 9.88. The Kier molecular flexibility index (Phi) is 4.14. The van der Waals surface area contributed by atoms with Crippen molar-refractivity contribution in [2.45, 2.75) is 12.7 Å². The van der Waals surface area contributed by atoms with Crippen LogP contribution in [0.3, 0.4) is 0 Å². The summed E-state index contributed by atoms with van der Waals surface area (Å²) >= 11 is 0. The maximum Gasteiger partial charge on any atom is 0.140 e. The number of aliphatic hydroxyl groups excluding tert-OH is 2.